The maximum Gasteiger partial charge on any atom is 0.164 e. The standard InChI is InChI=1S/C47H31N3O/c1-2-9-30(10-3-1)33-17-21-34(22-18-33)45-48-46(39-24-20-32-12-5-7-14-36(32)28-39)50-47(49-45)41-15-8-16-42-44(41)40-26-25-38(29-43(40)51-42)37-23-19-31-11-4-6-13-35(31)27-37/h1-24,27-29H,25-26H2. The second-order valence-electron chi connectivity index (χ2n) is 13.2. The van der Waals surface area contributed by atoms with Gasteiger partial charge in [-0.2, -0.15) is 0 Å². The van der Waals surface area contributed by atoms with Crippen molar-refractivity contribution in [2.24, 2.45) is 0 Å². The van der Waals surface area contributed by atoms with Crippen molar-refractivity contribution in [2.75, 3.05) is 0 Å². The average molecular weight is 654 g/mol. The number of rotatable bonds is 5. The summed E-state index contributed by atoms with van der Waals surface area (Å²) in [6.07, 6.45) is 4.02. The van der Waals surface area contributed by atoms with Gasteiger partial charge in [0.05, 0.1) is 0 Å². The highest BCUT2D eigenvalue weighted by Gasteiger charge is 2.23. The monoisotopic (exact) mass is 653 g/mol. The summed E-state index contributed by atoms with van der Waals surface area (Å²) in [4.78, 5) is 15.4. The molecule has 2 heterocycles. The van der Waals surface area contributed by atoms with Crippen molar-refractivity contribution in [3.8, 4) is 45.3 Å². The smallest absolute Gasteiger partial charge is 0.164 e. The lowest BCUT2D eigenvalue weighted by atomic mass is 9.89. The van der Waals surface area contributed by atoms with E-state index in [1.165, 1.54) is 38.4 Å². The first-order valence-electron chi connectivity index (χ1n) is 17.4. The predicted molar refractivity (Wildman–Crippen MR) is 209 cm³/mol. The number of allylic oxidation sites excluding steroid dienone is 1. The van der Waals surface area contributed by atoms with Crippen molar-refractivity contribution >= 4 is 44.2 Å². The van der Waals surface area contributed by atoms with Crippen LogP contribution in [-0.2, 0) is 6.42 Å². The Labute approximate surface area is 295 Å². The second-order valence-corrected chi connectivity index (χ2v) is 13.2. The Morgan fingerprint density at radius 1 is 0.412 bits per heavy atom. The van der Waals surface area contributed by atoms with E-state index in [4.69, 9.17) is 19.4 Å². The number of hydrogen-bond donors (Lipinski definition) is 0. The largest absolute Gasteiger partial charge is 0.456 e. The first-order valence-corrected chi connectivity index (χ1v) is 17.4. The van der Waals surface area contributed by atoms with Gasteiger partial charge in [-0.05, 0) is 80.9 Å². The summed E-state index contributed by atoms with van der Waals surface area (Å²) in [7, 11) is 0. The summed E-state index contributed by atoms with van der Waals surface area (Å²) in [6, 6.07) is 55.1. The highest BCUT2D eigenvalue weighted by atomic mass is 16.3. The van der Waals surface area contributed by atoms with Crippen molar-refractivity contribution in [3.63, 3.8) is 0 Å². The zero-order valence-electron chi connectivity index (χ0n) is 27.8. The Morgan fingerprint density at radius 3 is 1.73 bits per heavy atom. The number of nitrogens with zero attached hydrogens (tertiary/aromatic N) is 3. The summed E-state index contributed by atoms with van der Waals surface area (Å²) >= 11 is 0. The Bertz CT molecular complexity index is 2800. The van der Waals surface area contributed by atoms with E-state index in [1.807, 2.05) is 12.1 Å². The van der Waals surface area contributed by atoms with Crippen LogP contribution in [0.25, 0.3) is 89.5 Å². The van der Waals surface area contributed by atoms with E-state index in [9.17, 15) is 0 Å². The third-order valence-electron chi connectivity index (χ3n) is 10.0. The van der Waals surface area contributed by atoms with Crippen LogP contribution in [0.2, 0.25) is 0 Å². The maximum atomic E-state index is 6.58. The highest BCUT2D eigenvalue weighted by molar-refractivity contribution is 6.00. The molecule has 0 spiro atoms. The second kappa shape index (κ2) is 12.0. The van der Waals surface area contributed by atoms with Crippen LogP contribution in [0.5, 0.6) is 0 Å². The van der Waals surface area contributed by atoms with E-state index in [2.05, 4.69) is 152 Å². The van der Waals surface area contributed by atoms with Crippen LogP contribution >= 0.6 is 0 Å². The summed E-state index contributed by atoms with van der Waals surface area (Å²) in [5.41, 5.74) is 9.72. The molecule has 7 aromatic carbocycles. The summed E-state index contributed by atoms with van der Waals surface area (Å²) < 4.78 is 6.58. The van der Waals surface area contributed by atoms with Crippen LogP contribution in [0, 0.1) is 0 Å². The van der Waals surface area contributed by atoms with Gasteiger partial charge in [0, 0.05) is 27.6 Å². The Balaban J connectivity index is 1.11. The first kappa shape index (κ1) is 29.3. The molecule has 0 saturated heterocycles. The fraction of sp³-hybridized carbons (Fsp3) is 0.0426. The number of benzene rings is 7. The third kappa shape index (κ3) is 5.29. The molecular formula is C47H31N3O. The van der Waals surface area contributed by atoms with Gasteiger partial charge in [0.25, 0.3) is 0 Å². The molecule has 0 fully saturated rings. The van der Waals surface area contributed by atoms with Crippen LogP contribution < -0.4 is 0 Å². The first-order chi connectivity index (χ1) is 25.2. The Kier molecular flexibility index (Phi) is 6.91. The zero-order chi connectivity index (χ0) is 33.7. The summed E-state index contributed by atoms with van der Waals surface area (Å²) in [6.45, 7) is 0. The number of fused-ring (bicyclic) bond motifs is 5. The minimum atomic E-state index is 0.633. The molecule has 1 aliphatic rings. The van der Waals surface area contributed by atoms with Gasteiger partial charge in [-0.15, -0.1) is 0 Å². The Hall–Kier alpha value is -6.65. The molecule has 0 N–H and O–H groups in total. The molecule has 0 saturated carbocycles. The SMILES string of the molecule is C1=C(c2ccc3ccccc3c2)CCc2c1oc1cccc(-c3nc(-c4ccc(-c5ccccc5)cc4)nc(-c4ccc5ccccc5c4)n3)c21. The topological polar surface area (TPSA) is 51.8 Å². The highest BCUT2D eigenvalue weighted by Crippen LogP contribution is 2.41. The summed E-state index contributed by atoms with van der Waals surface area (Å²) in [5.74, 6) is 2.82. The van der Waals surface area contributed by atoms with Gasteiger partial charge in [0.15, 0.2) is 17.5 Å². The average Bonchev–Trinajstić information content (AvgIpc) is 3.59. The van der Waals surface area contributed by atoms with Gasteiger partial charge in [-0.25, -0.2) is 15.0 Å². The molecule has 4 nitrogen and oxygen atoms in total. The minimum Gasteiger partial charge on any atom is -0.456 e. The van der Waals surface area contributed by atoms with E-state index in [0.717, 1.165) is 57.2 Å². The van der Waals surface area contributed by atoms with Crippen LogP contribution in [0.1, 0.15) is 23.3 Å². The van der Waals surface area contributed by atoms with Crippen LogP contribution in [0.4, 0.5) is 0 Å². The molecular weight excluding hydrogens is 623 g/mol. The lowest BCUT2D eigenvalue weighted by Crippen LogP contribution is -2.01. The van der Waals surface area contributed by atoms with Gasteiger partial charge in [-0.3, -0.25) is 0 Å². The quantitative estimate of drug-likeness (QED) is 0.185. The third-order valence-corrected chi connectivity index (χ3v) is 10.0. The van der Waals surface area contributed by atoms with Gasteiger partial charge in [0.2, 0.25) is 0 Å². The van der Waals surface area contributed by atoms with Crippen molar-refractivity contribution < 1.29 is 4.42 Å². The van der Waals surface area contributed by atoms with Crippen molar-refractivity contribution in [1.29, 1.82) is 0 Å². The number of hydrogen-bond acceptors (Lipinski definition) is 4. The van der Waals surface area contributed by atoms with E-state index >= 15 is 0 Å². The van der Waals surface area contributed by atoms with E-state index in [1.54, 1.807) is 0 Å². The molecule has 0 bridgehead atoms. The van der Waals surface area contributed by atoms with Gasteiger partial charge >= 0.3 is 0 Å². The molecule has 0 aliphatic heterocycles. The van der Waals surface area contributed by atoms with Crippen molar-refractivity contribution in [3.05, 3.63) is 175 Å². The molecule has 0 unspecified atom stereocenters. The number of aryl methyl sites for hydroxylation is 1. The fourth-order valence-corrected chi connectivity index (χ4v) is 7.41. The summed E-state index contributed by atoms with van der Waals surface area (Å²) in [5, 5.41) is 5.89. The Morgan fingerprint density at radius 2 is 0.980 bits per heavy atom. The molecule has 0 radical (unpaired) electrons. The molecule has 0 atom stereocenters. The van der Waals surface area contributed by atoms with Crippen LogP contribution in [0.3, 0.4) is 0 Å². The molecule has 240 valence electrons. The zero-order valence-corrected chi connectivity index (χ0v) is 27.8. The molecule has 10 rings (SSSR count). The fourth-order valence-electron chi connectivity index (χ4n) is 7.41. The molecule has 9 aromatic rings. The van der Waals surface area contributed by atoms with E-state index < -0.39 is 0 Å². The number of aromatic nitrogens is 3. The van der Waals surface area contributed by atoms with E-state index in [0.29, 0.717) is 17.5 Å². The van der Waals surface area contributed by atoms with Crippen molar-refractivity contribution in [1.82, 2.24) is 15.0 Å². The maximum absolute atomic E-state index is 6.58. The predicted octanol–water partition coefficient (Wildman–Crippen LogP) is 12.1. The molecule has 0 amide bonds. The molecule has 51 heavy (non-hydrogen) atoms. The lowest BCUT2D eigenvalue weighted by Gasteiger charge is -2.15. The van der Waals surface area contributed by atoms with Gasteiger partial charge in [0.1, 0.15) is 11.3 Å². The number of furan rings is 1. The van der Waals surface area contributed by atoms with E-state index in [-0.39, 0.29) is 0 Å². The lowest BCUT2D eigenvalue weighted by molar-refractivity contribution is 0.596. The molecule has 2 aromatic heterocycles. The molecule has 4 heteroatoms. The van der Waals surface area contributed by atoms with Gasteiger partial charge in [-0.1, -0.05) is 140 Å². The van der Waals surface area contributed by atoms with Crippen LogP contribution in [0.15, 0.2) is 162 Å². The van der Waals surface area contributed by atoms with Gasteiger partial charge < -0.3 is 4.42 Å². The van der Waals surface area contributed by atoms with Crippen LogP contribution in [-0.4, -0.2) is 15.0 Å². The normalized spacial score (nSPS) is 12.7. The minimum absolute atomic E-state index is 0.633. The molecule has 1 aliphatic carbocycles. The van der Waals surface area contributed by atoms with Crippen molar-refractivity contribution in [2.45, 2.75) is 12.8 Å².